The molecular weight excluding hydrogens is 280 g/mol. The lowest BCUT2D eigenvalue weighted by Crippen LogP contribution is -2.20. The first-order valence-electron chi connectivity index (χ1n) is 5.91. The van der Waals surface area contributed by atoms with Gasteiger partial charge in [-0.1, -0.05) is 35.9 Å². The van der Waals surface area contributed by atoms with Crippen molar-refractivity contribution in [1.82, 2.24) is 9.97 Å². The average molecular weight is 293 g/mol. The third kappa shape index (κ3) is 2.85. The Labute approximate surface area is 121 Å². The number of aromatic nitrogens is 2. The van der Waals surface area contributed by atoms with Crippen LogP contribution in [0.3, 0.4) is 0 Å². The van der Waals surface area contributed by atoms with Gasteiger partial charge in [0.05, 0.1) is 4.92 Å². The Morgan fingerprint density at radius 3 is 2.70 bits per heavy atom. The van der Waals surface area contributed by atoms with E-state index in [9.17, 15) is 10.1 Å². The molecule has 1 aromatic heterocycles. The zero-order valence-electron chi connectivity index (χ0n) is 11.1. The number of nitrogens with zero attached hydrogens (tertiary/aromatic N) is 4. The number of rotatable bonds is 4. The Kier molecular flexibility index (Phi) is 4.14. The van der Waals surface area contributed by atoms with Crippen LogP contribution in [-0.2, 0) is 6.54 Å². The van der Waals surface area contributed by atoms with E-state index in [4.69, 9.17) is 11.6 Å². The fourth-order valence-corrected chi connectivity index (χ4v) is 2.10. The molecule has 1 aromatic carbocycles. The van der Waals surface area contributed by atoms with E-state index in [-0.39, 0.29) is 16.7 Å². The van der Waals surface area contributed by atoms with Crippen molar-refractivity contribution in [1.29, 1.82) is 0 Å². The monoisotopic (exact) mass is 292 g/mol. The first-order chi connectivity index (χ1) is 9.50. The Balaban J connectivity index is 2.35. The van der Waals surface area contributed by atoms with Gasteiger partial charge in [0.1, 0.15) is 6.33 Å². The van der Waals surface area contributed by atoms with Crippen molar-refractivity contribution >= 4 is 23.1 Å². The molecule has 0 unspecified atom stereocenters. The maximum absolute atomic E-state index is 11.1. The second kappa shape index (κ2) is 5.83. The van der Waals surface area contributed by atoms with E-state index in [0.717, 1.165) is 11.1 Å². The number of halogens is 1. The summed E-state index contributed by atoms with van der Waals surface area (Å²) in [4.78, 5) is 19.8. The van der Waals surface area contributed by atoms with Gasteiger partial charge < -0.3 is 4.90 Å². The molecule has 0 aliphatic rings. The smallest absolute Gasteiger partial charge is 0.348 e. The summed E-state index contributed by atoms with van der Waals surface area (Å²) >= 11 is 5.78. The van der Waals surface area contributed by atoms with Gasteiger partial charge in [-0.25, -0.2) is 9.97 Å². The molecule has 0 aliphatic heterocycles. The minimum Gasteiger partial charge on any atom is -0.349 e. The van der Waals surface area contributed by atoms with Crippen LogP contribution >= 0.6 is 11.6 Å². The molecular formula is C13H13ClN4O2. The number of nitro groups is 1. The molecule has 0 radical (unpaired) electrons. The fourth-order valence-electron chi connectivity index (χ4n) is 1.90. The first-order valence-corrected chi connectivity index (χ1v) is 6.29. The minimum atomic E-state index is -0.563. The van der Waals surface area contributed by atoms with Crippen LogP contribution in [0.5, 0.6) is 0 Å². The van der Waals surface area contributed by atoms with Crippen LogP contribution < -0.4 is 4.90 Å². The van der Waals surface area contributed by atoms with E-state index in [0.29, 0.717) is 6.54 Å². The summed E-state index contributed by atoms with van der Waals surface area (Å²) in [6.07, 6.45) is 1.22. The molecule has 0 atom stereocenters. The van der Waals surface area contributed by atoms with E-state index < -0.39 is 4.92 Å². The van der Waals surface area contributed by atoms with Crippen molar-refractivity contribution < 1.29 is 4.92 Å². The van der Waals surface area contributed by atoms with Crippen molar-refractivity contribution in [3.8, 4) is 0 Å². The summed E-state index contributed by atoms with van der Waals surface area (Å²) < 4.78 is 0. The second-order valence-electron chi connectivity index (χ2n) is 4.38. The third-order valence-electron chi connectivity index (χ3n) is 2.97. The number of aryl methyl sites for hydroxylation is 1. The van der Waals surface area contributed by atoms with Crippen LogP contribution in [0.2, 0.25) is 5.15 Å². The molecule has 2 rings (SSSR count). The molecule has 6 nitrogen and oxygen atoms in total. The Morgan fingerprint density at radius 1 is 1.35 bits per heavy atom. The third-order valence-corrected chi connectivity index (χ3v) is 3.25. The predicted molar refractivity (Wildman–Crippen MR) is 77.0 cm³/mol. The average Bonchev–Trinajstić information content (AvgIpc) is 2.40. The molecule has 0 saturated carbocycles. The topological polar surface area (TPSA) is 72.2 Å². The summed E-state index contributed by atoms with van der Waals surface area (Å²) in [6.45, 7) is 2.49. The quantitative estimate of drug-likeness (QED) is 0.492. The van der Waals surface area contributed by atoms with Crippen LogP contribution in [0, 0.1) is 17.0 Å². The maximum Gasteiger partial charge on any atom is 0.348 e. The van der Waals surface area contributed by atoms with Crippen molar-refractivity contribution in [3.63, 3.8) is 0 Å². The van der Waals surface area contributed by atoms with Gasteiger partial charge in [0.2, 0.25) is 11.0 Å². The standard InChI is InChI=1S/C13H13ClN4O2/c1-9-5-3-4-6-10(9)7-17(2)13-11(18(19)20)12(14)15-8-16-13/h3-6,8H,7H2,1-2H3. The molecule has 0 N–H and O–H groups in total. The van der Waals surface area contributed by atoms with E-state index in [1.54, 1.807) is 11.9 Å². The van der Waals surface area contributed by atoms with Crippen LogP contribution in [0.4, 0.5) is 11.5 Å². The molecule has 0 saturated heterocycles. The molecule has 0 spiro atoms. The zero-order chi connectivity index (χ0) is 14.7. The molecule has 0 fully saturated rings. The second-order valence-corrected chi connectivity index (χ2v) is 4.73. The van der Waals surface area contributed by atoms with Crippen molar-refractivity contribution in [3.05, 3.63) is 57.0 Å². The van der Waals surface area contributed by atoms with Gasteiger partial charge in [0, 0.05) is 13.6 Å². The number of benzene rings is 1. The summed E-state index contributed by atoms with van der Waals surface area (Å²) in [5.74, 6) is 0.207. The molecule has 7 heteroatoms. The fraction of sp³-hybridized carbons (Fsp3) is 0.231. The molecule has 2 aromatic rings. The van der Waals surface area contributed by atoms with Crippen LogP contribution in [0.1, 0.15) is 11.1 Å². The van der Waals surface area contributed by atoms with Gasteiger partial charge in [0.25, 0.3) is 0 Å². The first kappa shape index (κ1) is 14.2. The zero-order valence-corrected chi connectivity index (χ0v) is 11.8. The molecule has 0 bridgehead atoms. The maximum atomic E-state index is 11.1. The predicted octanol–water partition coefficient (Wildman–Crippen LogP) is 2.98. The lowest BCUT2D eigenvalue weighted by Gasteiger charge is -2.19. The normalized spacial score (nSPS) is 10.3. The van der Waals surface area contributed by atoms with Crippen molar-refractivity contribution in [2.45, 2.75) is 13.5 Å². The highest BCUT2D eigenvalue weighted by molar-refractivity contribution is 6.31. The number of hydrogen-bond donors (Lipinski definition) is 0. The minimum absolute atomic E-state index is 0.156. The van der Waals surface area contributed by atoms with E-state index in [1.165, 1.54) is 6.33 Å². The molecule has 104 valence electrons. The van der Waals surface area contributed by atoms with Gasteiger partial charge >= 0.3 is 5.69 Å². The van der Waals surface area contributed by atoms with E-state index in [1.807, 2.05) is 31.2 Å². The Bertz CT molecular complexity index is 648. The van der Waals surface area contributed by atoms with Crippen LogP contribution in [0.15, 0.2) is 30.6 Å². The molecule has 0 amide bonds. The molecule has 20 heavy (non-hydrogen) atoms. The van der Waals surface area contributed by atoms with Gasteiger partial charge in [-0.3, -0.25) is 10.1 Å². The van der Waals surface area contributed by atoms with Gasteiger partial charge in [0.15, 0.2) is 0 Å². The molecule has 0 aliphatic carbocycles. The van der Waals surface area contributed by atoms with Gasteiger partial charge in [-0.05, 0) is 18.1 Å². The summed E-state index contributed by atoms with van der Waals surface area (Å²) in [6, 6.07) is 7.84. The summed E-state index contributed by atoms with van der Waals surface area (Å²) in [7, 11) is 1.73. The highest BCUT2D eigenvalue weighted by atomic mass is 35.5. The van der Waals surface area contributed by atoms with Crippen LogP contribution in [0.25, 0.3) is 0 Å². The van der Waals surface area contributed by atoms with Gasteiger partial charge in [-0.2, -0.15) is 0 Å². The summed E-state index contributed by atoms with van der Waals surface area (Å²) in [5.41, 5.74) is 1.91. The largest absolute Gasteiger partial charge is 0.349 e. The summed E-state index contributed by atoms with van der Waals surface area (Å²) in [5, 5.41) is 10.9. The SMILES string of the molecule is Cc1ccccc1CN(C)c1ncnc(Cl)c1[N+](=O)[O-]. The van der Waals surface area contributed by atoms with Crippen molar-refractivity contribution in [2.75, 3.05) is 11.9 Å². The van der Waals surface area contributed by atoms with E-state index in [2.05, 4.69) is 9.97 Å². The highest BCUT2D eigenvalue weighted by Gasteiger charge is 2.24. The van der Waals surface area contributed by atoms with Crippen molar-refractivity contribution in [2.24, 2.45) is 0 Å². The van der Waals surface area contributed by atoms with Gasteiger partial charge in [-0.15, -0.1) is 0 Å². The van der Waals surface area contributed by atoms with E-state index >= 15 is 0 Å². The lowest BCUT2D eigenvalue weighted by molar-refractivity contribution is -0.384. The number of anilines is 1. The number of hydrogen-bond acceptors (Lipinski definition) is 5. The highest BCUT2D eigenvalue weighted by Crippen LogP contribution is 2.31. The van der Waals surface area contributed by atoms with Crippen LogP contribution in [-0.4, -0.2) is 21.9 Å². The lowest BCUT2D eigenvalue weighted by atomic mass is 10.1. The Hall–Kier alpha value is -2.21. The Morgan fingerprint density at radius 2 is 2.05 bits per heavy atom. The molecule has 1 heterocycles.